The van der Waals surface area contributed by atoms with Gasteiger partial charge in [-0.3, -0.25) is 0 Å². The molecule has 2 N–H and O–H groups in total. The number of phenols is 1. The minimum Gasteiger partial charge on any atom is -0.507 e. The van der Waals surface area contributed by atoms with Gasteiger partial charge < -0.3 is 10.2 Å². The maximum atomic E-state index is 9.70. The molecular formula is C13H18O2. The Balaban J connectivity index is 2.45. The van der Waals surface area contributed by atoms with Crippen molar-refractivity contribution in [3.63, 3.8) is 0 Å². The quantitative estimate of drug-likeness (QED) is 0.780. The van der Waals surface area contributed by atoms with Gasteiger partial charge in [0, 0.05) is 5.41 Å². The first-order chi connectivity index (χ1) is 7.09. The molecule has 0 amide bonds. The molecule has 0 saturated heterocycles. The van der Waals surface area contributed by atoms with E-state index in [1.807, 2.05) is 26.0 Å². The third-order valence-electron chi connectivity index (χ3n) is 3.72. The molecule has 1 saturated carbocycles. The van der Waals surface area contributed by atoms with Crippen LogP contribution < -0.4 is 0 Å². The first-order valence-corrected chi connectivity index (χ1v) is 5.51. The van der Waals surface area contributed by atoms with E-state index in [9.17, 15) is 10.2 Å². The Labute approximate surface area is 90.6 Å². The SMILES string of the molecule is Cc1cc(C2(CO)CCC2)cc(C)c1O. The van der Waals surface area contributed by atoms with Crippen LogP contribution in [0.25, 0.3) is 0 Å². The molecule has 1 aliphatic rings. The lowest BCUT2D eigenvalue weighted by molar-refractivity contribution is 0.120. The molecule has 82 valence electrons. The van der Waals surface area contributed by atoms with Crippen LogP contribution in [0.2, 0.25) is 0 Å². The van der Waals surface area contributed by atoms with E-state index in [-0.39, 0.29) is 12.0 Å². The maximum Gasteiger partial charge on any atom is 0.121 e. The maximum absolute atomic E-state index is 9.70. The van der Waals surface area contributed by atoms with E-state index >= 15 is 0 Å². The fourth-order valence-corrected chi connectivity index (χ4v) is 2.40. The molecule has 0 aromatic heterocycles. The van der Waals surface area contributed by atoms with Gasteiger partial charge in [0.05, 0.1) is 6.61 Å². The third kappa shape index (κ3) is 1.53. The minimum atomic E-state index is -0.0246. The van der Waals surface area contributed by atoms with Gasteiger partial charge in [-0.15, -0.1) is 0 Å². The summed E-state index contributed by atoms with van der Waals surface area (Å²) in [5.74, 6) is 0.381. The van der Waals surface area contributed by atoms with Crippen LogP contribution >= 0.6 is 0 Å². The highest BCUT2D eigenvalue weighted by Crippen LogP contribution is 2.44. The third-order valence-corrected chi connectivity index (χ3v) is 3.72. The zero-order chi connectivity index (χ0) is 11.1. The molecule has 1 aromatic carbocycles. The molecule has 15 heavy (non-hydrogen) atoms. The highest BCUT2D eigenvalue weighted by molar-refractivity contribution is 5.45. The van der Waals surface area contributed by atoms with Crippen molar-refractivity contribution < 1.29 is 10.2 Å². The number of aryl methyl sites for hydroxylation is 2. The summed E-state index contributed by atoms with van der Waals surface area (Å²) in [7, 11) is 0. The van der Waals surface area contributed by atoms with Crippen molar-refractivity contribution in [1.29, 1.82) is 0 Å². The smallest absolute Gasteiger partial charge is 0.121 e. The molecule has 1 aliphatic carbocycles. The van der Waals surface area contributed by atoms with Crippen molar-refractivity contribution in [2.24, 2.45) is 0 Å². The van der Waals surface area contributed by atoms with Crippen LogP contribution in [0.3, 0.4) is 0 Å². The fourth-order valence-electron chi connectivity index (χ4n) is 2.40. The summed E-state index contributed by atoms with van der Waals surface area (Å²) < 4.78 is 0. The second-order valence-corrected chi connectivity index (χ2v) is 4.75. The summed E-state index contributed by atoms with van der Waals surface area (Å²) >= 11 is 0. The molecule has 0 atom stereocenters. The summed E-state index contributed by atoms with van der Waals surface area (Å²) in [6, 6.07) is 4.02. The molecule has 0 spiro atoms. The fraction of sp³-hybridized carbons (Fsp3) is 0.538. The second-order valence-electron chi connectivity index (χ2n) is 4.75. The highest BCUT2D eigenvalue weighted by atomic mass is 16.3. The number of aromatic hydroxyl groups is 1. The number of benzene rings is 1. The van der Waals surface area contributed by atoms with Crippen LogP contribution in [0, 0.1) is 13.8 Å². The molecule has 1 fully saturated rings. The molecule has 0 heterocycles. The Morgan fingerprint density at radius 3 is 2.07 bits per heavy atom. The van der Waals surface area contributed by atoms with Gasteiger partial charge in [-0.25, -0.2) is 0 Å². The lowest BCUT2D eigenvalue weighted by Crippen LogP contribution is -2.38. The average Bonchev–Trinajstić information content (AvgIpc) is 2.13. The summed E-state index contributed by atoms with van der Waals surface area (Å²) in [6.07, 6.45) is 3.32. The Morgan fingerprint density at radius 2 is 1.73 bits per heavy atom. The van der Waals surface area contributed by atoms with Crippen LogP contribution in [0.5, 0.6) is 5.75 Å². The Hall–Kier alpha value is -1.02. The Kier molecular flexibility index (Phi) is 2.47. The monoisotopic (exact) mass is 206 g/mol. The Bertz CT molecular complexity index is 350. The number of aliphatic hydroxyl groups excluding tert-OH is 1. The predicted molar refractivity (Wildman–Crippen MR) is 60.2 cm³/mol. The molecule has 2 heteroatoms. The lowest BCUT2D eigenvalue weighted by atomic mass is 9.64. The normalized spacial score (nSPS) is 18.6. The molecule has 2 rings (SSSR count). The van der Waals surface area contributed by atoms with Crippen LogP contribution in [-0.2, 0) is 5.41 Å². The first-order valence-electron chi connectivity index (χ1n) is 5.51. The number of rotatable bonds is 2. The zero-order valence-corrected chi connectivity index (χ0v) is 9.38. The van der Waals surface area contributed by atoms with Gasteiger partial charge in [0.1, 0.15) is 5.75 Å². The molecule has 1 aromatic rings. The molecule has 0 unspecified atom stereocenters. The number of phenolic OH excluding ortho intramolecular Hbond substituents is 1. The van der Waals surface area contributed by atoms with E-state index in [1.54, 1.807) is 0 Å². The second kappa shape index (κ2) is 3.53. The largest absolute Gasteiger partial charge is 0.507 e. The van der Waals surface area contributed by atoms with E-state index in [2.05, 4.69) is 0 Å². The van der Waals surface area contributed by atoms with Gasteiger partial charge in [0.2, 0.25) is 0 Å². The van der Waals surface area contributed by atoms with Gasteiger partial charge >= 0.3 is 0 Å². The van der Waals surface area contributed by atoms with E-state index < -0.39 is 0 Å². The molecular weight excluding hydrogens is 188 g/mol. The van der Waals surface area contributed by atoms with Crippen LogP contribution in [0.15, 0.2) is 12.1 Å². The van der Waals surface area contributed by atoms with Gasteiger partial charge in [0.25, 0.3) is 0 Å². The molecule has 0 radical (unpaired) electrons. The average molecular weight is 206 g/mol. The van der Waals surface area contributed by atoms with E-state index in [1.165, 1.54) is 12.0 Å². The van der Waals surface area contributed by atoms with Crippen molar-refractivity contribution in [2.75, 3.05) is 6.61 Å². The molecule has 2 nitrogen and oxygen atoms in total. The van der Waals surface area contributed by atoms with Gasteiger partial charge in [-0.2, -0.15) is 0 Å². The number of hydrogen-bond acceptors (Lipinski definition) is 2. The summed E-state index contributed by atoms with van der Waals surface area (Å²) in [5.41, 5.74) is 2.97. The molecule has 0 bridgehead atoms. The van der Waals surface area contributed by atoms with E-state index in [0.717, 1.165) is 24.0 Å². The minimum absolute atomic E-state index is 0.0246. The standard InChI is InChI=1S/C13H18O2/c1-9-6-11(7-10(2)12(9)15)13(8-14)4-3-5-13/h6-7,14-15H,3-5,8H2,1-2H3. The Morgan fingerprint density at radius 1 is 1.20 bits per heavy atom. The number of hydrogen-bond donors (Lipinski definition) is 2. The topological polar surface area (TPSA) is 40.5 Å². The van der Waals surface area contributed by atoms with Crippen LogP contribution in [0.1, 0.15) is 36.0 Å². The van der Waals surface area contributed by atoms with Crippen molar-refractivity contribution in [3.05, 3.63) is 28.8 Å². The highest BCUT2D eigenvalue weighted by Gasteiger charge is 2.38. The van der Waals surface area contributed by atoms with Crippen LogP contribution in [0.4, 0.5) is 0 Å². The van der Waals surface area contributed by atoms with Crippen molar-refractivity contribution in [2.45, 2.75) is 38.5 Å². The molecule has 0 aliphatic heterocycles. The van der Waals surface area contributed by atoms with Crippen LogP contribution in [-0.4, -0.2) is 16.8 Å². The summed E-state index contributed by atoms with van der Waals surface area (Å²) in [6.45, 7) is 4.04. The zero-order valence-electron chi connectivity index (χ0n) is 9.38. The van der Waals surface area contributed by atoms with Crippen molar-refractivity contribution in [1.82, 2.24) is 0 Å². The predicted octanol–water partition coefficient (Wildman–Crippen LogP) is 2.42. The first kappa shape index (κ1) is 10.5. The van der Waals surface area contributed by atoms with Gasteiger partial charge in [-0.05, 0) is 43.4 Å². The van der Waals surface area contributed by atoms with Gasteiger partial charge in [-0.1, -0.05) is 18.6 Å². The summed E-state index contributed by atoms with van der Waals surface area (Å²) in [4.78, 5) is 0. The lowest BCUT2D eigenvalue weighted by Gasteiger charge is -2.41. The van der Waals surface area contributed by atoms with Gasteiger partial charge in [0.15, 0.2) is 0 Å². The summed E-state index contributed by atoms with van der Waals surface area (Å²) in [5, 5.41) is 19.2. The van der Waals surface area contributed by atoms with E-state index in [0.29, 0.717) is 5.75 Å². The van der Waals surface area contributed by atoms with Crippen molar-refractivity contribution >= 4 is 0 Å². The number of aliphatic hydroxyl groups is 1. The van der Waals surface area contributed by atoms with E-state index in [4.69, 9.17) is 0 Å². The van der Waals surface area contributed by atoms with Crippen molar-refractivity contribution in [3.8, 4) is 5.75 Å².